The number of nitrogens with zero attached hydrogens (tertiary/aromatic N) is 1. The molecule has 1 heterocycles. The summed E-state index contributed by atoms with van der Waals surface area (Å²) in [4.78, 5) is 5.78. The molecule has 1 aromatic rings. The molecule has 0 spiro atoms. The van der Waals surface area contributed by atoms with Gasteiger partial charge in [0.25, 0.3) is 0 Å². The van der Waals surface area contributed by atoms with E-state index in [-0.39, 0.29) is 24.0 Å². The predicted molar refractivity (Wildman–Crippen MR) is 98.2 cm³/mol. The van der Waals surface area contributed by atoms with Gasteiger partial charge < -0.3 is 15.8 Å². The lowest BCUT2D eigenvalue weighted by Gasteiger charge is -2.09. The zero-order valence-electron chi connectivity index (χ0n) is 12.3. The number of nitrogens with two attached hydrogens (primary N) is 1. The van der Waals surface area contributed by atoms with E-state index in [1.165, 1.54) is 4.88 Å². The fourth-order valence-electron chi connectivity index (χ4n) is 1.68. The molecule has 0 amide bonds. The highest BCUT2D eigenvalue weighted by Gasteiger charge is 2.04. The highest BCUT2D eigenvalue weighted by Crippen LogP contribution is 2.14. The van der Waals surface area contributed by atoms with Crippen molar-refractivity contribution >= 4 is 41.3 Å². The molecule has 1 atom stereocenters. The summed E-state index contributed by atoms with van der Waals surface area (Å²) in [5.74, 6) is 1.05. The third-order valence-corrected chi connectivity index (χ3v) is 3.58. The van der Waals surface area contributed by atoms with Crippen LogP contribution < -0.4 is 11.1 Å². The summed E-state index contributed by atoms with van der Waals surface area (Å²) in [6.45, 7) is 7.32. The molecule has 0 fully saturated rings. The molecule has 3 N–H and O–H groups in total. The molecule has 1 unspecified atom stereocenters. The molecule has 0 aliphatic heterocycles. The number of halogens is 1. The number of hydrogen-bond donors (Lipinski definition) is 2. The summed E-state index contributed by atoms with van der Waals surface area (Å²) < 4.78 is 5.25. The van der Waals surface area contributed by atoms with Gasteiger partial charge in [0.2, 0.25) is 0 Å². The van der Waals surface area contributed by atoms with Gasteiger partial charge >= 0.3 is 0 Å². The largest absolute Gasteiger partial charge is 0.382 e. The zero-order valence-corrected chi connectivity index (χ0v) is 15.4. The van der Waals surface area contributed by atoms with Gasteiger partial charge in [-0.3, -0.25) is 4.99 Å². The lowest BCUT2D eigenvalue weighted by molar-refractivity contribution is 0.145. The van der Waals surface area contributed by atoms with E-state index in [2.05, 4.69) is 34.7 Å². The SMILES string of the molecule is CCOCCCNC(N)=NCC(C)Cc1cccs1.I. The van der Waals surface area contributed by atoms with Crippen molar-refractivity contribution in [3.05, 3.63) is 22.4 Å². The first-order chi connectivity index (χ1) is 9.22. The van der Waals surface area contributed by atoms with Crippen molar-refractivity contribution in [2.24, 2.45) is 16.6 Å². The number of hydrogen-bond acceptors (Lipinski definition) is 3. The fourth-order valence-corrected chi connectivity index (χ4v) is 2.55. The summed E-state index contributed by atoms with van der Waals surface area (Å²) in [5.41, 5.74) is 5.81. The van der Waals surface area contributed by atoms with E-state index in [9.17, 15) is 0 Å². The second-order valence-corrected chi connectivity index (χ2v) is 5.62. The zero-order chi connectivity index (χ0) is 13.9. The van der Waals surface area contributed by atoms with Crippen LogP contribution in [-0.2, 0) is 11.2 Å². The van der Waals surface area contributed by atoms with Crippen molar-refractivity contribution in [3.8, 4) is 0 Å². The van der Waals surface area contributed by atoms with Crippen LogP contribution in [0.25, 0.3) is 0 Å². The standard InChI is InChI=1S/C14H25N3OS.HI/c1-3-18-8-5-7-16-14(15)17-11-12(2)10-13-6-4-9-19-13;/h4,6,9,12H,3,5,7-8,10-11H2,1-2H3,(H3,15,16,17);1H. The first-order valence-corrected chi connectivity index (χ1v) is 7.74. The van der Waals surface area contributed by atoms with Crippen molar-refractivity contribution in [1.82, 2.24) is 5.32 Å². The molecule has 1 rings (SSSR count). The van der Waals surface area contributed by atoms with E-state index >= 15 is 0 Å². The van der Waals surface area contributed by atoms with Crippen LogP contribution in [0.5, 0.6) is 0 Å². The van der Waals surface area contributed by atoms with Crippen molar-refractivity contribution in [2.75, 3.05) is 26.3 Å². The Morgan fingerprint density at radius 1 is 1.55 bits per heavy atom. The minimum Gasteiger partial charge on any atom is -0.382 e. The highest BCUT2D eigenvalue weighted by molar-refractivity contribution is 14.0. The van der Waals surface area contributed by atoms with Gasteiger partial charge in [-0.2, -0.15) is 0 Å². The van der Waals surface area contributed by atoms with E-state index in [1.54, 1.807) is 11.3 Å². The first kappa shape index (κ1) is 19.7. The van der Waals surface area contributed by atoms with Crippen LogP contribution in [0.1, 0.15) is 25.1 Å². The molecule has 0 aromatic carbocycles. The molecule has 0 radical (unpaired) electrons. The third-order valence-electron chi connectivity index (χ3n) is 2.68. The first-order valence-electron chi connectivity index (χ1n) is 6.86. The average molecular weight is 411 g/mol. The molecule has 6 heteroatoms. The Bertz CT molecular complexity index is 357. The van der Waals surface area contributed by atoms with Crippen LogP contribution in [0, 0.1) is 5.92 Å². The molecule has 0 saturated heterocycles. The average Bonchev–Trinajstić information content (AvgIpc) is 2.89. The maximum absolute atomic E-state index is 5.81. The normalized spacial score (nSPS) is 12.8. The summed E-state index contributed by atoms with van der Waals surface area (Å²) in [6.07, 6.45) is 2.02. The molecule has 1 aromatic heterocycles. The van der Waals surface area contributed by atoms with Gasteiger partial charge in [0, 0.05) is 31.2 Å². The summed E-state index contributed by atoms with van der Waals surface area (Å²) >= 11 is 1.80. The smallest absolute Gasteiger partial charge is 0.188 e. The van der Waals surface area contributed by atoms with Crippen LogP contribution in [-0.4, -0.2) is 32.3 Å². The second kappa shape index (κ2) is 12.4. The van der Waals surface area contributed by atoms with Gasteiger partial charge in [-0.25, -0.2) is 0 Å². The number of nitrogens with one attached hydrogen (secondary N) is 1. The number of guanidine groups is 1. The molecule has 116 valence electrons. The maximum Gasteiger partial charge on any atom is 0.188 e. The Labute approximate surface area is 143 Å². The van der Waals surface area contributed by atoms with Gasteiger partial charge in [-0.05, 0) is 37.1 Å². The fraction of sp³-hybridized carbons (Fsp3) is 0.643. The Balaban J connectivity index is 0.00000361. The van der Waals surface area contributed by atoms with Gasteiger partial charge in [0.15, 0.2) is 5.96 Å². The number of aliphatic imine (C=N–C) groups is 1. The molecular weight excluding hydrogens is 385 g/mol. The van der Waals surface area contributed by atoms with Crippen LogP contribution in [0.3, 0.4) is 0 Å². The predicted octanol–water partition coefficient (Wildman–Crippen LogP) is 2.88. The third kappa shape index (κ3) is 9.55. The summed E-state index contributed by atoms with van der Waals surface area (Å²) in [7, 11) is 0. The van der Waals surface area contributed by atoms with Crippen molar-refractivity contribution in [3.63, 3.8) is 0 Å². The summed E-state index contributed by atoms with van der Waals surface area (Å²) in [5, 5.41) is 5.22. The van der Waals surface area contributed by atoms with Crippen molar-refractivity contribution in [1.29, 1.82) is 0 Å². The van der Waals surface area contributed by atoms with E-state index in [0.29, 0.717) is 11.9 Å². The Kier molecular flexibility index (Phi) is 12.2. The van der Waals surface area contributed by atoms with Crippen molar-refractivity contribution in [2.45, 2.75) is 26.7 Å². The topological polar surface area (TPSA) is 59.6 Å². The van der Waals surface area contributed by atoms with E-state index in [4.69, 9.17) is 10.5 Å². The van der Waals surface area contributed by atoms with Crippen LogP contribution in [0.4, 0.5) is 0 Å². The van der Waals surface area contributed by atoms with Crippen LogP contribution in [0.15, 0.2) is 22.5 Å². The van der Waals surface area contributed by atoms with Gasteiger partial charge in [-0.15, -0.1) is 35.3 Å². The monoisotopic (exact) mass is 411 g/mol. The van der Waals surface area contributed by atoms with Crippen LogP contribution >= 0.6 is 35.3 Å². The van der Waals surface area contributed by atoms with E-state index in [1.807, 2.05) is 6.92 Å². The van der Waals surface area contributed by atoms with Crippen LogP contribution in [0.2, 0.25) is 0 Å². The molecular formula is C14H26IN3OS. The maximum atomic E-state index is 5.81. The lowest BCUT2D eigenvalue weighted by atomic mass is 10.1. The van der Waals surface area contributed by atoms with E-state index in [0.717, 1.165) is 39.1 Å². The molecule has 0 saturated carbocycles. The minimum absolute atomic E-state index is 0. The Morgan fingerprint density at radius 2 is 2.35 bits per heavy atom. The van der Waals surface area contributed by atoms with Gasteiger partial charge in [0.1, 0.15) is 0 Å². The molecule has 4 nitrogen and oxygen atoms in total. The molecule has 0 aliphatic rings. The van der Waals surface area contributed by atoms with E-state index < -0.39 is 0 Å². The minimum atomic E-state index is 0. The number of thiophene rings is 1. The Hall–Kier alpha value is -0.340. The molecule has 0 aliphatic carbocycles. The quantitative estimate of drug-likeness (QED) is 0.284. The molecule has 20 heavy (non-hydrogen) atoms. The Morgan fingerprint density at radius 3 is 3.00 bits per heavy atom. The lowest BCUT2D eigenvalue weighted by Crippen LogP contribution is -2.33. The molecule has 0 bridgehead atoms. The van der Waals surface area contributed by atoms with Crippen molar-refractivity contribution < 1.29 is 4.74 Å². The number of ether oxygens (including phenoxy) is 1. The second-order valence-electron chi connectivity index (χ2n) is 4.59. The van der Waals surface area contributed by atoms with Gasteiger partial charge in [-0.1, -0.05) is 13.0 Å². The number of rotatable bonds is 9. The van der Waals surface area contributed by atoms with Gasteiger partial charge in [0.05, 0.1) is 0 Å². The highest BCUT2D eigenvalue weighted by atomic mass is 127. The summed E-state index contributed by atoms with van der Waals surface area (Å²) in [6, 6.07) is 4.25.